The van der Waals surface area contributed by atoms with Gasteiger partial charge in [0.2, 0.25) is 5.91 Å². The molecule has 3 heterocycles. The second-order valence-electron chi connectivity index (χ2n) is 9.56. The number of hydrogen-bond acceptors (Lipinski definition) is 5. The standard InChI is InChI=1S/C27H27ClFN5O2/c1-27(2,25(30)35)19-11-10-18(14-21(19)29)36-26-31-22-15-20(28)23(32-24(22)33-26)16-6-8-17(9-7-16)34-12-4-3-5-13-34/h6-11,14-15H,3-5,12-13H2,1-2H3,(H2,30,35)(H,31,32,33). The zero-order valence-corrected chi connectivity index (χ0v) is 20.9. The van der Waals surface area contributed by atoms with Crippen molar-refractivity contribution in [3.63, 3.8) is 0 Å². The molecule has 2 aromatic carbocycles. The first-order valence-corrected chi connectivity index (χ1v) is 12.3. The molecule has 0 atom stereocenters. The van der Waals surface area contributed by atoms with E-state index in [0.29, 0.717) is 21.9 Å². The summed E-state index contributed by atoms with van der Waals surface area (Å²) < 4.78 is 20.4. The molecule has 5 rings (SSSR count). The number of imidazole rings is 1. The number of hydrogen-bond donors (Lipinski definition) is 2. The Kier molecular flexibility index (Phi) is 6.30. The molecule has 9 heteroatoms. The molecule has 0 spiro atoms. The largest absolute Gasteiger partial charge is 0.425 e. The SMILES string of the molecule is CC(C)(C(N)=O)c1ccc(Oc2nc3nc(-c4ccc(N5CCCCC5)cc4)c(Cl)cc3[nH]2)cc1F. The number of primary amides is 1. The molecule has 0 saturated carbocycles. The highest BCUT2D eigenvalue weighted by Crippen LogP contribution is 2.33. The van der Waals surface area contributed by atoms with Gasteiger partial charge in [0, 0.05) is 36.0 Å². The topological polar surface area (TPSA) is 97.1 Å². The third kappa shape index (κ3) is 4.60. The average Bonchev–Trinajstić information content (AvgIpc) is 3.24. The maximum absolute atomic E-state index is 14.7. The molecule has 3 N–H and O–H groups in total. The fourth-order valence-electron chi connectivity index (χ4n) is 4.44. The lowest BCUT2D eigenvalue weighted by molar-refractivity contribution is -0.122. The summed E-state index contributed by atoms with van der Waals surface area (Å²) in [6.07, 6.45) is 3.73. The molecule has 0 bridgehead atoms. The van der Waals surface area contributed by atoms with Gasteiger partial charge in [0.15, 0.2) is 5.65 Å². The summed E-state index contributed by atoms with van der Waals surface area (Å²) in [5.41, 5.74) is 8.19. The van der Waals surface area contributed by atoms with Crippen molar-refractivity contribution in [1.82, 2.24) is 15.0 Å². The van der Waals surface area contributed by atoms with Gasteiger partial charge in [-0.05, 0) is 57.4 Å². The molecule has 1 fully saturated rings. The second-order valence-corrected chi connectivity index (χ2v) is 9.97. The van der Waals surface area contributed by atoms with Crippen LogP contribution in [0.4, 0.5) is 10.1 Å². The van der Waals surface area contributed by atoms with Crippen LogP contribution in [-0.2, 0) is 10.2 Å². The molecule has 2 aromatic heterocycles. The van der Waals surface area contributed by atoms with Crippen molar-refractivity contribution in [2.75, 3.05) is 18.0 Å². The number of pyridine rings is 1. The van der Waals surface area contributed by atoms with Crippen molar-refractivity contribution >= 4 is 34.4 Å². The zero-order valence-electron chi connectivity index (χ0n) is 20.1. The highest BCUT2D eigenvalue weighted by molar-refractivity contribution is 6.33. The summed E-state index contributed by atoms with van der Waals surface area (Å²) in [6.45, 7) is 5.30. The third-order valence-electron chi connectivity index (χ3n) is 6.71. The summed E-state index contributed by atoms with van der Waals surface area (Å²) in [7, 11) is 0. The minimum Gasteiger partial charge on any atom is -0.425 e. The Morgan fingerprint density at radius 3 is 2.47 bits per heavy atom. The van der Waals surface area contributed by atoms with Gasteiger partial charge < -0.3 is 20.4 Å². The van der Waals surface area contributed by atoms with E-state index < -0.39 is 17.1 Å². The normalized spacial score (nSPS) is 14.3. The van der Waals surface area contributed by atoms with E-state index in [2.05, 4.69) is 32.0 Å². The van der Waals surface area contributed by atoms with Crippen LogP contribution in [0.1, 0.15) is 38.7 Å². The number of anilines is 1. The molecule has 0 aliphatic carbocycles. The number of nitrogens with two attached hydrogens (primary N) is 1. The van der Waals surface area contributed by atoms with E-state index in [1.54, 1.807) is 26.0 Å². The van der Waals surface area contributed by atoms with Gasteiger partial charge in [-0.25, -0.2) is 9.37 Å². The number of halogens is 2. The van der Waals surface area contributed by atoms with Gasteiger partial charge in [-0.15, -0.1) is 0 Å². The van der Waals surface area contributed by atoms with Crippen LogP contribution in [0, 0.1) is 5.82 Å². The van der Waals surface area contributed by atoms with E-state index in [4.69, 9.17) is 22.1 Å². The van der Waals surface area contributed by atoms with E-state index >= 15 is 0 Å². The third-order valence-corrected chi connectivity index (χ3v) is 7.00. The Morgan fingerprint density at radius 1 is 1.08 bits per heavy atom. The molecule has 0 unspecified atom stereocenters. The highest BCUT2D eigenvalue weighted by Gasteiger charge is 2.30. The van der Waals surface area contributed by atoms with Gasteiger partial charge in [-0.2, -0.15) is 4.98 Å². The number of rotatable bonds is 6. The van der Waals surface area contributed by atoms with Crippen LogP contribution < -0.4 is 15.4 Å². The lowest BCUT2D eigenvalue weighted by Crippen LogP contribution is -2.36. The number of piperidine rings is 1. The van der Waals surface area contributed by atoms with Gasteiger partial charge in [0.1, 0.15) is 11.6 Å². The minimum absolute atomic E-state index is 0.146. The molecule has 7 nitrogen and oxygen atoms in total. The molecular formula is C27H27ClFN5O2. The van der Waals surface area contributed by atoms with Crippen LogP contribution in [0.5, 0.6) is 11.8 Å². The Labute approximate surface area is 213 Å². The molecule has 1 amide bonds. The van der Waals surface area contributed by atoms with Crippen LogP contribution in [0.25, 0.3) is 22.4 Å². The Bertz CT molecular complexity index is 1430. The second kappa shape index (κ2) is 9.43. The quantitative estimate of drug-likeness (QED) is 0.335. The van der Waals surface area contributed by atoms with Crippen LogP contribution >= 0.6 is 11.6 Å². The van der Waals surface area contributed by atoms with Crippen molar-refractivity contribution in [3.8, 4) is 23.0 Å². The van der Waals surface area contributed by atoms with Gasteiger partial charge in [-0.1, -0.05) is 29.8 Å². The van der Waals surface area contributed by atoms with E-state index in [-0.39, 0.29) is 17.3 Å². The average molecular weight is 508 g/mol. The summed E-state index contributed by atoms with van der Waals surface area (Å²) in [5.74, 6) is -0.994. The predicted molar refractivity (Wildman–Crippen MR) is 139 cm³/mol. The van der Waals surface area contributed by atoms with Crippen molar-refractivity contribution in [2.45, 2.75) is 38.5 Å². The number of aromatic amines is 1. The number of nitrogens with one attached hydrogen (secondary N) is 1. The van der Waals surface area contributed by atoms with Crippen LogP contribution in [0.2, 0.25) is 5.02 Å². The Balaban J connectivity index is 1.38. The fourth-order valence-corrected chi connectivity index (χ4v) is 4.70. The first-order valence-electron chi connectivity index (χ1n) is 11.9. The van der Waals surface area contributed by atoms with E-state index in [0.717, 1.165) is 18.7 Å². The number of ether oxygens (including phenoxy) is 1. The number of carbonyl (C=O) groups excluding carboxylic acids is 1. The van der Waals surface area contributed by atoms with E-state index in [1.807, 2.05) is 12.1 Å². The molecular weight excluding hydrogens is 481 g/mol. The number of nitrogens with zero attached hydrogens (tertiary/aromatic N) is 3. The molecule has 1 aliphatic rings. The fraction of sp³-hybridized carbons (Fsp3) is 0.296. The van der Waals surface area contributed by atoms with Gasteiger partial charge in [0.25, 0.3) is 0 Å². The molecule has 186 valence electrons. The van der Waals surface area contributed by atoms with E-state index in [1.165, 1.54) is 37.1 Å². The van der Waals surface area contributed by atoms with Crippen LogP contribution in [-0.4, -0.2) is 33.9 Å². The van der Waals surface area contributed by atoms with Crippen LogP contribution in [0.3, 0.4) is 0 Å². The number of benzene rings is 2. The summed E-state index contributed by atoms with van der Waals surface area (Å²) in [5, 5.41) is 0.479. The molecule has 1 aliphatic heterocycles. The lowest BCUT2D eigenvalue weighted by atomic mass is 9.83. The van der Waals surface area contributed by atoms with Gasteiger partial charge >= 0.3 is 6.01 Å². The van der Waals surface area contributed by atoms with E-state index in [9.17, 15) is 9.18 Å². The highest BCUT2D eigenvalue weighted by atomic mass is 35.5. The summed E-state index contributed by atoms with van der Waals surface area (Å²) in [4.78, 5) is 26.1. The first-order chi connectivity index (χ1) is 17.2. The predicted octanol–water partition coefficient (Wildman–Crippen LogP) is 5.96. The monoisotopic (exact) mass is 507 g/mol. The minimum atomic E-state index is -1.15. The first kappa shape index (κ1) is 24.1. The molecule has 0 radical (unpaired) electrons. The van der Waals surface area contributed by atoms with Crippen molar-refractivity contribution in [1.29, 1.82) is 0 Å². The van der Waals surface area contributed by atoms with Crippen molar-refractivity contribution in [2.24, 2.45) is 5.73 Å². The zero-order chi connectivity index (χ0) is 25.4. The van der Waals surface area contributed by atoms with Gasteiger partial charge in [0.05, 0.1) is 21.6 Å². The summed E-state index contributed by atoms with van der Waals surface area (Å²) >= 11 is 6.55. The molecule has 4 aromatic rings. The number of aromatic nitrogens is 3. The number of fused-ring (bicyclic) bond motifs is 1. The van der Waals surface area contributed by atoms with Crippen molar-refractivity contribution < 1.29 is 13.9 Å². The lowest BCUT2D eigenvalue weighted by Gasteiger charge is -2.28. The number of carbonyl (C=O) groups is 1. The smallest absolute Gasteiger partial charge is 0.301 e. The van der Waals surface area contributed by atoms with Crippen molar-refractivity contribution in [3.05, 3.63) is 64.9 Å². The number of H-pyrrole nitrogens is 1. The Hall–Kier alpha value is -3.65. The molecule has 1 saturated heterocycles. The maximum Gasteiger partial charge on any atom is 0.301 e. The van der Waals surface area contributed by atoms with Crippen LogP contribution in [0.15, 0.2) is 48.5 Å². The maximum atomic E-state index is 14.7. The summed E-state index contributed by atoms with van der Waals surface area (Å²) in [6, 6.07) is 14.4. The number of amides is 1. The van der Waals surface area contributed by atoms with Gasteiger partial charge in [-0.3, -0.25) is 4.79 Å². The Morgan fingerprint density at radius 2 is 1.81 bits per heavy atom. The molecule has 36 heavy (non-hydrogen) atoms.